The molecule has 2 aromatic rings. The molecule has 4 heteroatoms. The van der Waals surface area contributed by atoms with Gasteiger partial charge in [0, 0.05) is 11.4 Å². The van der Waals surface area contributed by atoms with Crippen LogP contribution in [0.1, 0.15) is 37.5 Å². The second-order valence-corrected chi connectivity index (χ2v) is 7.29. The molecule has 2 aromatic carbocycles. The summed E-state index contributed by atoms with van der Waals surface area (Å²) in [7, 11) is 0. The minimum atomic E-state index is -0.503. The van der Waals surface area contributed by atoms with Gasteiger partial charge in [-0.2, -0.15) is 0 Å². The lowest BCUT2D eigenvalue weighted by Gasteiger charge is -2.22. The van der Waals surface area contributed by atoms with E-state index < -0.39 is 6.10 Å². The number of thioether (sulfide) groups is 1. The van der Waals surface area contributed by atoms with E-state index in [2.05, 4.69) is 19.2 Å². The summed E-state index contributed by atoms with van der Waals surface area (Å²) in [6.07, 6.45) is 1.32. The molecular formula is C21H27NO2S. The van der Waals surface area contributed by atoms with Gasteiger partial charge < -0.3 is 10.4 Å². The highest BCUT2D eigenvalue weighted by molar-refractivity contribution is 8.00. The van der Waals surface area contributed by atoms with Crippen LogP contribution in [0.3, 0.4) is 0 Å². The smallest absolute Gasteiger partial charge is 0.238 e. The predicted molar refractivity (Wildman–Crippen MR) is 105 cm³/mol. The molecule has 2 unspecified atom stereocenters. The van der Waals surface area contributed by atoms with Crippen molar-refractivity contribution in [1.82, 2.24) is 5.32 Å². The molecule has 0 radical (unpaired) electrons. The Hall–Kier alpha value is -1.78. The molecule has 0 aliphatic rings. The Bertz CT molecular complexity index is 629. The van der Waals surface area contributed by atoms with Crippen molar-refractivity contribution >= 4 is 17.7 Å². The third-order valence-corrected chi connectivity index (χ3v) is 5.68. The van der Waals surface area contributed by atoms with Crippen LogP contribution < -0.4 is 5.32 Å². The fourth-order valence-corrected chi connectivity index (χ4v) is 3.90. The highest BCUT2D eigenvalue weighted by Gasteiger charge is 2.23. The van der Waals surface area contributed by atoms with Crippen LogP contribution in [-0.2, 0) is 4.79 Å². The largest absolute Gasteiger partial charge is 0.391 e. The third-order valence-electron chi connectivity index (χ3n) is 4.42. The minimum absolute atomic E-state index is 0.0648. The average molecular weight is 358 g/mol. The summed E-state index contributed by atoms with van der Waals surface area (Å²) in [4.78, 5) is 13.9. The van der Waals surface area contributed by atoms with Crippen LogP contribution in [0.15, 0.2) is 65.6 Å². The van der Waals surface area contributed by atoms with E-state index in [-0.39, 0.29) is 17.1 Å². The summed E-state index contributed by atoms with van der Waals surface area (Å²) >= 11 is 1.53. The topological polar surface area (TPSA) is 49.3 Å². The lowest BCUT2D eigenvalue weighted by molar-refractivity contribution is -0.121. The van der Waals surface area contributed by atoms with Gasteiger partial charge in [-0.15, -0.1) is 11.8 Å². The van der Waals surface area contributed by atoms with Crippen molar-refractivity contribution in [1.29, 1.82) is 0 Å². The lowest BCUT2D eigenvalue weighted by atomic mass is 9.96. The van der Waals surface area contributed by atoms with Gasteiger partial charge in [0.1, 0.15) is 5.25 Å². The zero-order valence-corrected chi connectivity index (χ0v) is 15.7. The van der Waals surface area contributed by atoms with Gasteiger partial charge in [0.25, 0.3) is 0 Å². The molecule has 134 valence electrons. The SMILES string of the molecule is CCC(CC)C(O)CNC(=O)C(Sc1ccccc1)c1ccccc1. The molecule has 2 N–H and O–H groups in total. The van der Waals surface area contributed by atoms with Crippen molar-refractivity contribution in [2.45, 2.75) is 42.9 Å². The number of amides is 1. The van der Waals surface area contributed by atoms with Crippen molar-refractivity contribution in [3.05, 3.63) is 66.2 Å². The summed E-state index contributed by atoms with van der Waals surface area (Å²) < 4.78 is 0. The molecule has 1 amide bonds. The molecule has 25 heavy (non-hydrogen) atoms. The number of nitrogens with one attached hydrogen (secondary N) is 1. The van der Waals surface area contributed by atoms with Gasteiger partial charge in [-0.3, -0.25) is 4.79 Å². The van der Waals surface area contributed by atoms with Crippen LogP contribution in [0.5, 0.6) is 0 Å². The number of hydrogen-bond acceptors (Lipinski definition) is 3. The van der Waals surface area contributed by atoms with Crippen LogP contribution >= 0.6 is 11.8 Å². The van der Waals surface area contributed by atoms with E-state index >= 15 is 0 Å². The summed E-state index contributed by atoms with van der Waals surface area (Å²) in [5, 5.41) is 12.9. The number of carbonyl (C=O) groups excluding carboxylic acids is 1. The van der Waals surface area contributed by atoms with E-state index in [1.165, 1.54) is 11.8 Å². The van der Waals surface area contributed by atoms with Crippen molar-refractivity contribution in [3.63, 3.8) is 0 Å². The highest BCUT2D eigenvalue weighted by atomic mass is 32.2. The lowest BCUT2D eigenvalue weighted by Crippen LogP contribution is -2.37. The fraction of sp³-hybridized carbons (Fsp3) is 0.381. The van der Waals surface area contributed by atoms with E-state index in [9.17, 15) is 9.90 Å². The Morgan fingerprint density at radius 3 is 2.12 bits per heavy atom. The van der Waals surface area contributed by atoms with E-state index in [4.69, 9.17) is 0 Å². The molecular weight excluding hydrogens is 330 g/mol. The summed E-state index contributed by atoms with van der Waals surface area (Å²) in [5.41, 5.74) is 0.964. The molecule has 0 aromatic heterocycles. The molecule has 0 saturated heterocycles. The molecule has 0 heterocycles. The first-order valence-electron chi connectivity index (χ1n) is 8.88. The first-order chi connectivity index (χ1) is 12.2. The first kappa shape index (κ1) is 19.5. The van der Waals surface area contributed by atoms with Crippen LogP contribution in [0, 0.1) is 5.92 Å². The molecule has 0 saturated carbocycles. The van der Waals surface area contributed by atoms with Crippen molar-refractivity contribution in [2.24, 2.45) is 5.92 Å². The molecule has 0 aliphatic carbocycles. The Morgan fingerprint density at radius 2 is 1.56 bits per heavy atom. The zero-order chi connectivity index (χ0) is 18.1. The van der Waals surface area contributed by atoms with Crippen LogP contribution in [0.4, 0.5) is 0 Å². The monoisotopic (exact) mass is 357 g/mol. The highest BCUT2D eigenvalue weighted by Crippen LogP contribution is 2.35. The van der Waals surface area contributed by atoms with Crippen molar-refractivity contribution in [3.8, 4) is 0 Å². The normalized spacial score (nSPS) is 13.4. The molecule has 0 fully saturated rings. The van der Waals surface area contributed by atoms with E-state index in [0.29, 0.717) is 6.54 Å². The summed E-state index contributed by atoms with van der Waals surface area (Å²) in [5.74, 6) is 0.155. The Balaban J connectivity index is 2.08. The maximum atomic E-state index is 12.8. The molecule has 2 atom stereocenters. The van der Waals surface area contributed by atoms with Gasteiger partial charge in [-0.25, -0.2) is 0 Å². The second-order valence-electron chi connectivity index (χ2n) is 6.11. The molecule has 0 spiro atoms. The van der Waals surface area contributed by atoms with Crippen LogP contribution in [0.25, 0.3) is 0 Å². The molecule has 0 bridgehead atoms. The summed E-state index contributed by atoms with van der Waals surface area (Å²) in [6, 6.07) is 19.7. The molecule has 0 aliphatic heterocycles. The Labute approximate surface area is 154 Å². The van der Waals surface area contributed by atoms with Crippen molar-refractivity contribution < 1.29 is 9.90 Å². The minimum Gasteiger partial charge on any atom is -0.391 e. The van der Waals surface area contributed by atoms with E-state index in [0.717, 1.165) is 23.3 Å². The number of aliphatic hydroxyl groups is 1. The van der Waals surface area contributed by atoms with Crippen LogP contribution in [-0.4, -0.2) is 23.7 Å². The Kier molecular flexibility index (Phi) is 8.02. The number of benzene rings is 2. The van der Waals surface area contributed by atoms with Gasteiger partial charge in [0.2, 0.25) is 5.91 Å². The second kappa shape index (κ2) is 10.3. The number of rotatable bonds is 9. The maximum absolute atomic E-state index is 12.8. The number of carbonyl (C=O) groups is 1. The standard InChI is InChI=1S/C21H27NO2S/c1-3-16(4-2)19(23)15-22-21(24)20(17-11-7-5-8-12-17)25-18-13-9-6-10-14-18/h5-14,16,19-20,23H,3-4,15H2,1-2H3,(H,22,24). The quantitative estimate of drug-likeness (QED) is 0.653. The van der Waals surface area contributed by atoms with E-state index in [1.54, 1.807) is 0 Å². The zero-order valence-electron chi connectivity index (χ0n) is 14.9. The fourth-order valence-electron chi connectivity index (χ4n) is 2.83. The van der Waals surface area contributed by atoms with Gasteiger partial charge in [0.05, 0.1) is 6.10 Å². The van der Waals surface area contributed by atoms with E-state index in [1.807, 2.05) is 60.7 Å². The third kappa shape index (κ3) is 5.91. The summed E-state index contributed by atoms with van der Waals surface area (Å²) in [6.45, 7) is 4.43. The number of aliphatic hydroxyl groups excluding tert-OH is 1. The predicted octanol–water partition coefficient (Wildman–Crippen LogP) is 4.43. The number of hydrogen-bond donors (Lipinski definition) is 2. The van der Waals surface area contributed by atoms with Gasteiger partial charge in [0.15, 0.2) is 0 Å². The Morgan fingerprint density at radius 1 is 1.00 bits per heavy atom. The molecule has 2 rings (SSSR count). The van der Waals surface area contributed by atoms with Crippen LogP contribution in [0.2, 0.25) is 0 Å². The maximum Gasteiger partial charge on any atom is 0.238 e. The average Bonchev–Trinajstić information content (AvgIpc) is 2.66. The first-order valence-corrected chi connectivity index (χ1v) is 9.76. The van der Waals surface area contributed by atoms with Crippen molar-refractivity contribution in [2.75, 3.05) is 6.54 Å². The van der Waals surface area contributed by atoms with Gasteiger partial charge in [-0.1, -0.05) is 75.2 Å². The molecule has 3 nitrogen and oxygen atoms in total. The van der Waals surface area contributed by atoms with Gasteiger partial charge in [-0.05, 0) is 23.6 Å². The van der Waals surface area contributed by atoms with Gasteiger partial charge >= 0.3 is 0 Å².